The normalized spacial score (nSPS) is 18.0. The summed E-state index contributed by atoms with van der Waals surface area (Å²) < 4.78 is 13.6. The Bertz CT molecular complexity index is 359. The number of rotatable bonds is 3. The van der Waals surface area contributed by atoms with Gasteiger partial charge in [0, 0.05) is 23.2 Å². The van der Waals surface area contributed by atoms with Crippen molar-refractivity contribution in [2.24, 2.45) is 0 Å². The van der Waals surface area contributed by atoms with Crippen molar-refractivity contribution in [3.05, 3.63) is 34.6 Å². The van der Waals surface area contributed by atoms with Gasteiger partial charge in [-0.15, -0.1) is 0 Å². The van der Waals surface area contributed by atoms with Gasteiger partial charge in [-0.2, -0.15) is 0 Å². The van der Waals surface area contributed by atoms with Crippen molar-refractivity contribution >= 4 is 11.6 Å². The van der Waals surface area contributed by atoms with E-state index in [1.54, 1.807) is 12.1 Å². The van der Waals surface area contributed by atoms with E-state index in [2.05, 4.69) is 5.32 Å². The highest BCUT2D eigenvalue weighted by molar-refractivity contribution is 6.30. The summed E-state index contributed by atoms with van der Waals surface area (Å²) in [5, 5.41) is 3.91. The van der Waals surface area contributed by atoms with Crippen LogP contribution in [0.2, 0.25) is 5.02 Å². The fourth-order valence-electron chi connectivity index (χ4n) is 2.40. The number of hydrogen-bond donors (Lipinski definition) is 1. The molecular formula is C14H19ClFN. The van der Waals surface area contributed by atoms with E-state index in [0.29, 0.717) is 23.2 Å². The molecule has 1 fully saturated rings. The maximum atomic E-state index is 13.6. The molecule has 17 heavy (non-hydrogen) atoms. The maximum Gasteiger partial charge on any atom is 0.129 e. The van der Waals surface area contributed by atoms with Crippen LogP contribution in [0.25, 0.3) is 0 Å². The third-order valence-electron chi connectivity index (χ3n) is 3.45. The van der Waals surface area contributed by atoms with Gasteiger partial charge in [0.05, 0.1) is 0 Å². The molecule has 0 radical (unpaired) electrons. The van der Waals surface area contributed by atoms with Crippen LogP contribution in [-0.2, 0) is 6.54 Å². The summed E-state index contributed by atoms with van der Waals surface area (Å²) >= 11 is 5.73. The zero-order valence-electron chi connectivity index (χ0n) is 10.0. The van der Waals surface area contributed by atoms with Crippen LogP contribution in [0.5, 0.6) is 0 Å². The highest BCUT2D eigenvalue weighted by Gasteiger charge is 2.12. The lowest BCUT2D eigenvalue weighted by molar-refractivity contribution is 0.452. The van der Waals surface area contributed by atoms with Gasteiger partial charge in [0.2, 0.25) is 0 Å². The van der Waals surface area contributed by atoms with E-state index in [4.69, 9.17) is 11.6 Å². The van der Waals surface area contributed by atoms with Crippen molar-refractivity contribution in [2.75, 3.05) is 0 Å². The molecule has 0 spiro atoms. The second kappa shape index (κ2) is 6.36. The van der Waals surface area contributed by atoms with Crippen molar-refractivity contribution in [1.82, 2.24) is 5.32 Å². The van der Waals surface area contributed by atoms with Crippen LogP contribution >= 0.6 is 11.6 Å². The first kappa shape index (κ1) is 12.8. The average Bonchev–Trinajstić information content (AvgIpc) is 2.56. The summed E-state index contributed by atoms with van der Waals surface area (Å²) in [6.45, 7) is 0.605. The zero-order chi connectivity index (χ0) is 12.1. The summed E-state index contributed by atoms with van der Waals surface area (Å²) in [6, 6.07) is 5.44. The predicted molar refractivity (Wildman–Crippen MR) is 69.7 cm³/mol. The van der Waals surface area contributed by atoms with E-state index < -0.39 is 0 Å². The van der Waals surface area contributed by atoms with Crippen molar-refractivity contribution in [2.45, 2.75) is 51.1 Å². The van der Waals surface area contributed by atoms with Crippen LogP contribution < -0.4 is 5.32 Å². The minimum atomic E-state index is -0.210. The number of nitrogens with one attached hydrogen (secondary N) is 1. The van der Waals surface area contributed by atoms with Gasteiger partial charge in [-0.25, -0.2) is 4.39 Å². The van der Waals surface area contributed by atoms with Gasteiger partial charge in [-0.3, -0.25) is 0 Å². The smallest absolute Gasteiger partial charge is 0.129 e. The molecule has 1 aliphatic carbocycles. The van der Waals surface area contributed by atoms with E-state index in [-0.39, 0.29) is 5.82 Å². The van der Waals surface area contributed by atoms with Gasteiger partial charge in [-0.05, 0) is 25.0 Å². The fraction of sp³-hybridized carbons (Fsp3) is 0.571. The van der Waals surface area contributed by atoms with Crippen molar-refractivity contribution in [3.8, 4) is 0 Å². The predicted octanol–water partition coefficient (Wildman–Crippen LogP) is 4.29. The maximum absolute atomic E-state index is 13.6. The van der Waals surface area contributed by atoms with E-state index in [0.717, 1.165) is 0 Å². The molecule has 3 heteroatoms. The number of halogens is 2. The Morgan fingerprint density at radius 3 is 2.53 bits per heavy atom. The number of benzene rings is 1. The topological polar surface area (TPSA) is 12.0 Å². The second-order valence-electron chi connectivity index (χ2n) is 4.81. The molecule has 1 N–H and O–H groups in total. The quantitative estimate of drug-likeness (QED) is 0.795. The van der Waals surface area contributed by atoms with Gasteiger partial charge in [0.25, 0.3) is 0 Å². The van der Waals surface area contributed by atoms with Crippen LogP contribution in [-0.4, -0.2) is 6.04 Å². The van der Waals surface area contributed by atoms with Crippen LogP contribution in [0.15, 0.2) is 18.2 Å². The lowest BCUT2D eigenvalue weighted by Crippen LogP contribution is -2.28. The highest BCUT2D eigenvalue weighted by atomic mass is 35.5. The Morgan fingerprint density at radius 1 is 1.18 bits per heavy atom. The van der Waals surface area contributed by atoms with Gasteiger partial charge in [-0.1, -0.05) is 43.4 Å². The fourth-order valence-corrected chi connectivity index (χ4v) is 2.56. The van der Waals surface area contributed by atoms with Crippen molar-refractivity contribution in [1.29, 1.82) is 0 Å². The van der Waals surface area contributed by atoms with E-state index >= 15 is 0 Å². The molecule has 0 unspecified atom stereocenters. The molecule has 0 heterocycles. The molecule has 0 amide bonds. The van der Waals surface area contributed by atoms with E-state index in [1.807, 2.05) is 0 Å². The molecule has 1 aromatic carbocycles. The average molecular weight is 256 g/mol. The van der Waals surface area contributed by atoms with Crippen molar-refractivity contribution in [3.63, 3.8) is 0 Å². The van der Waals surface area contributed by atoms with E-state index in [9.17, 15) is 4.39 Å². The standard InChI is InChI=1S/C14H19ClFN/c15-12-8-7-11(14(16)9-12)10-17-13-5-3-1-2-4-6-13/h7-9,13,17H,1-6,10H2. The second-order valence-corrected chi connectivity index (χ2v) is 5.24. The molecule has 1 aromatic rings. The molecular weight excluding hydrogens is 237 g/mol. The first-order valence-corrected chi connectivity index (χ1v) is 6.81. The molecule has 0 atom stereocenters. The largest absolute Gasteiger partial charge is 0.310 e. The van der Waals surface area contributed by atoms with Crippen LogP contribution in [0, 0.1) is 5.82 Å². The Hall–Kier alpha value is -0.600. The third-order valence-corrected chi connectivity index (χ3v) is 3.69. The lowest BCUT2D eigenvalue weighted by atomic mass is 10.1. The van der Waals surface area contributed by atoms with Crippen molar-refractivity contribution < 1.29 is 4.39 Å². The summed E-state index contributed by atoms with van der Waals surface area (Å²) in [5.74, 6) is -0.210. The lowest BCUT2D eigenvalue weighted by Gasteiger charge is -2.16. The monoisotopic (exact) mass is 255 g/mol. The molecule has 1 aliphatic rings. The Balaban J connectivity index is 1.88. The van der Waals surface area contributed by atoms with Gasteiger partial charge < -0.3 is 5.32 Å². The van der Waals surface area contributed by atoms with Crippen LogP contribution in [0.1, 0.15) is 44.1 Å². The molecule has 0 aliphatic heterocycles. The molecule has 2 rings (SSSR count). The Labute approximate surface area is 107 Å². The molecule has 1 nitrogen and oxygen atoms in total. The van der Waals surface area contributed by atoms with Crippen LogP contribution in [0.4, 0.5) is 4.39 Å². The summed E-state index contributed by atoms with van der Waals surface area (Å²) in [7, 11) is 0. The first-order valence-electron chi connectivity index (χ1n) is 6.43. The minimum Gasteiger partial charge on any atom is -0.310 e. The minimum absolute atomic E-state index is 0.210. The molecule has 0 aromatic heterocycles. The Kier molecular flexibility index (Phi) is 4.81. The first-order chi connectivity index (χ1) is 8.25. The zero-order valence-corrected chi connectivity index (χ0v) is 10.8. The van der Waals surface area contributed by atoms with E-state index in [1.165, 1.54) is 44.6 Å². The Morgan fingerprint density at radius 2 is 1.88 bits per heavy atom. The summed E-state index contributed by atoms with van der Waals surface area (Å²) in [4.78, 5) is 0. The highest BCUT2D eigenvalue weighted by Crippen LogP contribution is 2.19. The van der Waals surface area contributed by atoms with Gasteiger partial charge >= 0.3 is 0 Å². The molecule has 94 valence electrons. The van der Waals surface area contributed by atoms with Gasteiger partial charge in [0.1, 0.15) is 5.82 Å². The SMILES string of the molecule is Fc1cc(Cl)ccc1CNC1CCCCCC1. The van der Waals surface area contributed by atoms with Crippen LogP contribution in [0.3, 0.4) is 0 Å². The number of hydrogen-bond acceptors (Lipinski definition) is 1. The van der Waals surface area contributed by atoms with Gasteiger partial charge in [0.15, 0.2) is 0 Å². The molecule has 0 saturated heterocycles. The molecule has 1 saturated carbocycles. The third kappa shape index (κ3) is 3.97. The summed E-state index contributed by atoms with van der Waals surface area (Å²) in [5.41, 5.74) is 0.707. The summed E-state index contributed by atoms with van der Waals surface area (Å²) in [6.07, 6.45) is 7.70. The molecule has 0 bridgehead atoms.